The SMILES string of the molecule is CNc1nc2ccc(-c3cnc(COC4CCCC4)nc3)c(OC)c2s1. The summed E-state index contributed by atoms with van der Waals surface area (Å²) in [4.78, 5) is 13.5. The van der Waals surface area contributed by atoms with Crippen molar-refractivity contribution in [2.75, 3.05) is 19.5 Å². The lowest BCUT2D eigenvalue weighted by atomic mass is 10.1. The molecule has 1 N–H and O–H groups in total. The Morgan fingerprint density at radius 3 is 2.65 bits per heavy atom. The maximum absolute atomic E-state index is 5.89. The van der Waals surface area contributed by atoms with Gasteiger partial charge < -0.3 is 14.8 Å². The summed E-state index contributed by atoms with van der Waals surface area (Å²) >= 11 is 1.57. The van der Waals surface area contributed by atoms with Crippen molar-refractivity contribution in [1.82, 2.24) is 15.0 Å². The van der Waals surface area contributed by atoms with E-state index in [-0.39, 0.29) is 0 Å². The standard InChI is InChI=1S/C19H22N4O2S/c1-20-19-23-15-8-7-14(17(24-2)18(15)26-19)12-9-21-16(22-10-12)11-25-13-5-3-4-6-13/h7-10,13H,3-6,11H2,1-2H3,(H,20,23). The molecule has 0 radical (unpaired) electrons. The Kier molecular flexibility index (Phi) is 4.99. The monoisotopic (exact) mass is 370 g/mol. The molecule has 3 aromatic rings. The Hall–Kier alpha value is -2.25. The van der Waals surface area contributed by atoms with Gasteiger partial charge in [0.15, 0.2) is 11.0 Å². The zero-order valence-corrected chi connectivity index (χ0v) is 15.8. The summed E-state index contributed by atoms with van der Waals surface area (Å²) in [5.41, 5.74) is 2.81. The Morgan fingerprint density at radius 2 is 1.96 bits per heavy atom. The molecule has 6 nitrogen and oxygen atoms in total. The maximum atomic E-state index is 5.89. The van der Waals surface area contributed by atoms with E-state index in [0.717, 1.165) is 50.9 Å². The predicted molar refractivity (Wildman–Crippen MR) is 104 cm³/mol. The average Bonchev–Trinajstić information content (AvgIpc) is 3.35. The van der Waals surface area contributed by atoms with E-state index in [4.69, 9.17) is 9.47 Å². The van der Waals surface area contributed by atoms with E-state index in [1.165, 1.54) is 12.8 Å². The molecule has 0 spiro atoms. The minimum atomic E-state index is 0.369. The molecule has 0 aliphatic heterocycles. The van der Waals surface area contributed by atoms with Crippen molar-refractivity contribution >= 4 is 26.7 Å². The Bertz CT molecular complexity index is 888. The number of methoxy groups -OCH3 is 1. The molecule has 7 heteroatoms. The van der Waals surface area contributed by atoms with Crippen molar-refractivity contribution < 1.29 is 9.47 Å². The van der Waals surface area contributed by atoms with Gasteiger partial charge in [0.1, 0.15) is 12.4 Å². The van der Waals surface area contributed by atoms with Crippen LogP contribution in [0.2, 0.25) is 0 Å². The van der Waals surface area contributed by atoms with Crippen LogP contribution in [0.4, 0.5) is 5.13 Å². The zero-order chi connectivity index (χ0) is 17.9. The quantitative estimate of drug-likeness (QED) is 0.699. The van der Waals surface area contributed by atoms with Crippen LogP contribution in [0.15, 0.2) is 24.5 Å². The van der Waals surface area contributed by atoms with Gasteiger partial charge >= 0.3 is 0 Å². The number of fused-ring (bicyclic) bond motifs is 1. The van der Waals surface area contributed by atoms with E-state index >= 15 is 0 Å². The Balaban J connectivity index is 1.58. The molecule has 4 rings (SSSR count). The lowest BCUT2D eigenvalue weighted by molar-refractivity contribution is 0.0417. The summed E-state index contributed by atoms with van der Waals surface area (Å²) in [6.07, 6.45) is 8.87. The van der Waals surface area contributed by atoms with Gasteiger partial charge in [-0.1, -0.05) is 24.2 Å². The zero-order valence-electron chi connectivity index (χ0n) is 15.0. The van der Waals surface area contributed by atoms with Gasteiger partial charge in [0.25, 0.3) is 0 Å². The van der Waals surface area contributed by atoms with Gasteiger partial charge in [-0.05, 0) is 25.0 Å². The molecule has 0 unspecified atom stereocenters. The number of ether oxygens (including phenoxy) is 2. The third kappa shape index (κ3) is 3.37. The van der Waals surface area contributed by atoms with Gasteiger partial charge in [0.05, 0.1) is 23.4 Å². The van der Waals surface area contributed by atoms with E-state index < -0.39 is 0 Å². The van der Waals surface area contributed by atoms with E-state index in [2.05, 4.69) is 20.3 Å². The molecule has 1 aliphatic carbocycles. The van der Waals surface area contributed by atoms with Crippen molar-refractivity contribution in [3.63, 3.8) is 0 Å². The molecule has 0 saturated heterocycles. The average molecular weight is 370 g/mol. The predicted octanol–water partition coefficient (Wildman–Crippen LogP) is 4.26. The summed E-state index contributed by atoms with van der Waals surface area (Å²) in [5, 5.41) is 3.95. The fraction of sp³-hybridized carbons (Fsp3) is 0.421. The van der Waals surface area contributed by atoms with E-state index in [1.54, 1.807) is 18.4 Å². The number of aromatic nitrogens is 3. The highest BCUT2D eigenvalue weighted by atomic mass is 32.1. The van der Waals surface area contributed by atoms with Crippen molar-refractivity contribution in [1.29, 1.82) is 0 Å². The summed E-state index contributed by atoms with van der Waals surface area (Å²) in [5.74, 6) is 1.52. The highest BCUT2D eigenvalue weighted by Crippen LogP contribution is 2.40. The van der Waals surface area contributed by atoms with E-state index in [1.807, 2.05) is 31.6 Å². The van der Waals surface area contributed by atoms with Crippen LogP contribution in [0, 0.1) is 0 Å². The van der Waals surface area contributed by atoms with Gasteiger partial charge in [0, 0.05) is 30.6 Å². The molecule has 1 aliphatic rings. The highest BCUT2D eigenvalue weighted by Gasteiger charge is 2.17. The van der Waals surface area contributed by atoms with Gasteiger partial charge in [0.2, 0.25) is 0 Å². The van der Waals surface area contributed by atoms with Crippen LogP contribution in [-0.2, 0) is 11.3 Å². The molecular weight excluding hydrogens is 348 g/mol. The van der Waals surface area contributed by atoms with E-state index in [9.17, 15) is 0 Å². The number of hydrogen-bond acceptors (Lipinski definition) is 7. The molecule has 1 aromatic carbocycles. The van der Waals surface area contributed by atoms with Crippen LogP contribution in [-0.4, -0.2) is 35.2 Å². The van der Waals surface area contributed by atoms with Crippen LogP contribution < -0.4 is 10.1 Å². The smallest absolute Gasteiger partial charge is 0.183 e. The summed E-state index contributed by atoms with van der Waals surface area (Å²) in [6.45, 7) is 0.474. The lowest BCUT2D eigenvalue weighted by Crippen LogP contribution is -2.09. The molecular formula is C19H22N4O2S. The normalized spacial score (nSPS) is 14.8. The van der Waals surface area contributed by atoms with Crippen molar-refractivity contribution in [3.8, 4) is 16.9 Å². The second-order valence-corrected chi connectivity index (χ2v) is 7.37. The van der Waals surface area contributed by atoms with Crippen LogP contribution in [0.3, 0.4) is 0 Å². The number of benzene rings is 1. The number of nitrogens with one attached hydrogen (secondary N) is 1. The number of nitrogens with zero attached hydrogens (tertiary/aromatic N) is 3. The fourth-order valence-corrected chi connectivity index (χ4v) is 4.26. The first-order valence-corrected chi connectivity index (χ1v) is 9.68. The Morgan fingerprint density at radius 1 is 1.19 bits per heavy atom. The molecule has 1 fully saturated rings. The molecule has 1 saturated carbocycles. The fourth-order valence-electron chi connectivity index (χ4n) is 3.32. The lowest BCUT2D eigenvalue weighted by Gasteiger charge is -2.11. The number of hydrogen-bond donors (Lipinski definition) is 1. The molecule has 0 amide bonds. The number of rotatable bonds is 6. The third-order valence-electron chi connectivity index (χ3n) is 4.70. The van der Waals surface area contributed by atoms with Crippen LogP contribution in [0.25, 0.3) is 21.3 Å². The minimum Gasteiger partial charge on any atom is -0.495 e. The molecule has 26 heavy (non-hydrogen) atoms. The van der Waals surface area contributed by atoms with Crippen LogP contribution in [0.5, 0.6) is 5.75 Å². The first-order chi connectivity index (χ1) is 12.8. The van der Waals surface area contributed by atoms with Crippen molar-refractivity contribution in [2.45, 2.75) is 38.4 Å². The summed E-state index contributed by atoms with van der Waals surface area (Å²) in [6, 6.07) is 4.01. The van der Waals surface area contributed by atoms with Gasteiger partial charge in [-0.15, -0.1) is 0 Å². The third-order valence-corrected chi connectivity index (χ3v) is 5.78. The van der Waals surface area contributed by atoms with Crippen molar-refractivity contribution in [3.05, 3.63) is 30.4 Å². The van der Waals surface area contributed by atoms with E-state index in [0.29, 0.717) is 12.7 Å². The molecule has 136 valence electrons. The minimum absolute atomic E-state index is 0.369. The van der Waals surface area contributed by atoms with Gasteiger partial charge in [-0.25, -0.2) is 15.0 Å². The number of thiazole rings is 1. The largest absolute Gasteiger partial charge is 0.495 e. The van der Waals surface area contributed by atoms with Gasteiger partial charge in [-0.2, -0.15) is 0 Å². The summed E-state index contributed by atoms with van der Waals surface area (Å²) < 4.78 is 12.6. The Labute approximate surface area is 156 Å². The topological polar surface area (TPSA) is 69.2 Å². The summed E-state index contributed by atoms with van der Waals surface area (Å²) in [7, 11) is 3.55. The molecule has 0 bridgehead atoms. The van der Waals surface area contributed by atoms with Crippen LogP contribution in [0.1, 0.15) is 31.5 Å². The molecule has 2 heterocycles. The highest BCUT2D eigenvalue weighted by molar-refractivity contribution is 7.22. The van der Waals surface area contributed by atoms with Gasteiger partial charge in [-0.3, -0.25) is 0 Å². The maximum Gasteiger partial charge on any atom is 0.183 e. The van der Waals surface area contributed by atoms with Crippen molar-refractivity contribution in [2.24, 2.45) is 0 Å². The first-order valence-electron chi connectivity index (χ1n) is 8.86. The molecule has 2 aromatic heterocycles. The molecule has 0 atom stereocenters. The second-order valence-electron chi connectivity index (χ2n) is 6.37. The number of anilines is 1. The van der Waals surface area contributed by atoms with Crippen LogP contribution >= 0.6 is 11.3 Å². The second kappa shape index (κ2) is 7.55. The first kappa shape index (κ1) is 17.2.